The average molecular weight is 729 g/mol. The van der Waals surface area contributed by atoms with E-state index >= 15 is 0 Å². The van der Waals surface area contributed by atoms with Crippen molar-refractivity contribution in [2.24, 2.45) is 0 Å². The van der Waals surface area contributed by atoms with E-state index in [0.717, 1.165) is 57.8 Å². The molecule has 0 fully saturated rings. The van der Waals surface area contributed by atoms with Crippen molar-refractivity contribution in [3.05, 3.63) is 24.3 Å². The van der Waals surface area contributed by atoms with Crippen LogP contribution in [0.3, 0.4) is 0 Å². The number of allylic oxidation sites excluding steroid dienone is 4. The molecule has 0 heterocycles. The maximum absolute atomic E-state index is 12.8. The van der Waals surface area contributed by atoms with Crippen molar-refractivity contribution in [1.29, 1.82) is 0 Å². The highest BCUT2D eigenvalue weighted by molar-refractivity contribution is 7.45. The lowest BCUT2D eigenvalue weighted by atomic mass is 10.0. The normalized spacial score (nSPS) is 14.8. The Bertz CT molecular complexity index is 876. The van der Waals surface area contributed by atoms with Crippen molar-refractivity contribution >= 4 is 13.7 Å². The number of rotatable bonds is 37. The minimum atomic E-state index is -4.57. The van der Waals surface area contributed by atoms with E-state index in [2.05, 4.69) is 43.5 Å². The van der Waals surface area contributed by atoms with Gasteiger partial charge in [-0.2, -0.15) is 0 Å². The van der Waals surface area contributed by atoms with Gasteiger partial charge in [0.1, 0.15) is 13.2 Å². The van der Waals surface area contributed by atoms with Crippen LogP contribution in [0.2, 0.25) is 0 Å². The van der Waals surface area contributed by atoms with Gasteiger partial charge in [-0.15, -0.1) is 0 Å². The number of aliphatic hydroxyl groups excluding tert-OH is 1. The third kappa shape index (κ3) is 35.4. The highest BCUT2D eigenvalue weighted by atomic mass is 31.2. The number of hydrogen-bond acceptors (Lipinski definition) is 6. The Morgan fingerprint density at radius 1 is 0.680 bits per heavy atom. The van der Waals surface area contributed by atoms with Crippen molar-refractivity contribution in [2.75, 3.05) is 40.9 Å². The summed E-state index contributed by atoms with van der Waals surface area (Å²) in [5, 5.41) is 13.8. The summed E-state index contributed by atoms with van der Waals surface area (Å²) in [6.45, 7) is 4.66. The van der Waals surface area contributed by atoms with Gasteiger partial charge in [-0.05, 0) is 64.2 Å². The predicted molar refractivity (Wildman–Crippen MR) is 210 cm³/mol. The Morgan fingerprint density at radius 3 is 1.58 bits per heavy atom. The number of aliphatic hydroxyl groups is 1. The lowest BCUT2D eigenvalue weighted by molar-refractivity contribution is -0.870. The van der Waals surface area contributed by atoms with Gasteiger partial charge in [0.05, 0.1) is 39.9 Å². The molecule has 0 rings (SSSR count). The van der Waals surface area contributed by atoms with Crippen LogP contribution in [0.25, 0.3) is 0 Å². The van der Waals surface area contributed by atoms with Crippen molar-refractivity contribution in [2.45, 2.75) is 193 Å². The van der Waals surface area contributed by atoms with Gasteiger partial charge in [0.25, 0.3) is 7.82 Å². The summed E-state index contributed by atoms with van der Waals surface area (Å²) in [7, 11) is 1.28. The van der Waals surface area contributed by atoms with Gasteiger partial charge in [0, 0.05) is 6.42 Å². The number of carbonyl (C=O) groups is 1. The zero-order chi connectivity index (χ0) is 37.2. The molecule has 0 aromatic heterocycles. The summed E-state index contributed by atoms with van der Waals surface area (Å²) >= 11 is 0. The fraction of sp³-hybridized carbons (Fsp3) is 0.878. The van der Waals surface area contributed by atoms with Crippen molar-refractivity contribution in [1.82, 2.24) is 5.32 Å². The number of quaternary nitrogens is 1. The molecule has 0 aromatic carbocycles. The molecule has 296 valence electrons. The first-order valence-electron chi connectivity index (χ1n) is 20.7. The van der Waals surface area contributed by atoms with Crippen LogP contribution in [-0.2, 0) is 18.4 Å². The van der Waals surface area contributed by atoms with E-state index in [9.17, 15) is 19.4 Å². The molecule has 0 saturated carbocycles. The van der Waals surface area contributed by atoms with Crippen molar-refractivity contribution < 1.29 is 32.9 Å². The number of phosphoric acid groups is 1. The summed E-state index contributed by atoms with van der Waals surface area (Å²) in [5.74, 6) is -0.185. The Morgan fingerprint density at radius 2 is 1.10 bits per heavy atom. The number of hydrogen-bond donors (Lipinski definition) is 2. The molecule has 9 heteroatoms. The molecule has 3 atom stereocenters. The summed E-state index contributed by atoms with van der Waals surface area (Å²) in [6.07, 6.45) is 37.5. The molecule has 50 heavy (non-hydrogen) atoms. The third-order valence-corrected chi connectivity index (χ3v) is 10.1. The van der Waals surface area contributed by atoms with Gasteiger partial charge in [-0.1, -0.05) is 134 Å². The topological polar surface area (TPSA) is 108 Å². The lowest BCUT2D eigenvalue weighted by Crippen LogP contribution is -2.46. The number of phosphoric ester groups is 1. The van der Waals surface area contributed by atoms with E-state index in [-0.39, 0.29) is 19.1 Å². The van der Waals surface area contributed by atoms with Crippen LogP contribution >= 0.6 is 7.82 Å². The number of unbranched alkanes of at least 4 members (excludes halogenated alkanes) is 20. The number of likely N-dealkylation sites (N-methyl/N-ethyl adjacent to an activating group) is 1. The van der Waals surface area contributed by atoms with Gasteiger partial charge in [-0.3, -0.25) is 9.36 Å². The molecule has 0 bridgehead atoms. The van der Waals surface area contributed by atoms with E-state index in [1.807, 2.05) is 21.1 Å². The molecule has 1 amide bonds. The van der Waals surface area contributed by atoms with Gasteiger partial charge in [0.2, 0.25) is 5.91 Å². The second kappa shape index (κ2) is 33.8. The number of amides is 1. The number of carbonyl (C=O) groups excluding carboxylic acids is 1. The first kappa shape index (κ1) is 49.0. The smallest absolute Gasteiger partial charge is 0.268 e. The van der Waals surface area contributed by atoms with Gasteiger partial charge in [0.15, 0.2) is 0 Å². The van der Waals surface area contributed by atoms with Crippen LogP contribution in [0.4, 0.5) is 0 Å². The summed E-state index contributed by atoms with van der Waals surface area (Å²) < 4.78 is 23.2. The van der Waals surface area contributed by atoms with E-state index in [4.69, 9.17) is 9.05 Å². The van der Waals surface area contributed by atoms with Crippen molar-refractivity contribution in [3.63, 3.8) is 0 Å². The first-order valence-corrected chi connectivity index (χ1v) is 22.1. The third-order valence-electron chi connectivity index (χ3n) is 9.16. The van der Waals surface area contributed by atoms with Gasteiger partial charge < -0.3 is 28.8 Å². The van der Waals surface area contributed by atoms with Crippen LogP contribution in [0.1, 0.15) is 181 Å². The fourth-order valence-electron chi connectivity index (χ4n) is 5.79. The molecule has 8 nitrogen and oxygen atoms in total. The molecule has 0 radical (unpaired) electrons. The van der Waals surface area contributed by atoms with Crippen LogP contribution in [-0.4, -0.2) is 68.5 Å². The van der Waals surface area contributed by atoms with Crippen LogP contribution in [0.5, 0.6) is 0 Å². The molecule has 0 spiro atoms. The van der Waals surface area contributed by atoms with Crippen LogP contribution in [0.15, 0.2) is 24.3 Å². The first-order chi connectivity index (χ1) is 24.0. The molecule has 2 N–H and O–H groups in total. The molecule has 0 saturated heterocycles. The number of nitrogens with one attached hydrogen (secondary N) is 1. The maximum atomic E-state index is 12.8. The van der Waals surface area contributed by atoms with E-state index < -0.39 is 20.0 Å². The molecule has 0 aliphatic carbocycles. The predicted octanol–water partition coefficient (Wildman–Crippen LogP) is 10.3. The summed E-state index contributed by atoms with van der Waals surface area (Å²) in [4.78, 5) is 25.2. The Labute approximate surface area is 309 Å². The molecule has 0 aromatic rings. The van der Waals surface area contributed by atoms with Crippen molar-refractivity contribution in [3.8, 4) is 0 Å². The molecular formula is C41H81N2O6P. The van der Waals surface area contributed by atoms with E-state index in [1.165, 1.54) is 96.3 Å². The molecular weight excluding hydrogens is 647 g/mol. The fourth-order valence-corrected chi connectivity index (χ4v) is 6.51. The Kier molecular flexibility index (Phi) is 33.1. The largest absolute Gasteiger partial charge is 0.756 e. The average Bonchev–Trinajstić information content (AvgIpc) is 3.06. The van der Waals surface area contributed by atoms with Gasteiger partial charge in [-0.25, -0.2) is 0 Å². The zero-order valence-corrected chi connectivity index (χ0v) is 34.2. The molecule has 0 aliphatic heterocycles. The Hall–Kier alpha value is -1.02. The monoisotopic (exact) mass is 729 g/mol. The highest BCUT2D eigenvalue weighted by Crippen LogP contribution is 2.38. The van der Waals surface area contributed by atoms with E-state index in [1.54, 1.807) is 0 Å². The number of nitrogens with zero attached hydrogens (tertiary/aromatic N) is 1. The quantitative estimate of drug-likeness (QED) is 0.0285. The van der Waals surface area contributed by atoms with Crippen LogP contribution < -0.4 is 10.2 Å². The minimum Gasteiger partial charge on any atom is -0.756 e. The second-order valence-corrected chi connectivity index (χ2v) is 16.7. The lowest BCUT2D eigenvalue weighted by Gasteiger charge is -2.30. The maximum Gasteiger partial charge on any atom is 0.268 e. The van der Waals surface area contributed by atoms with Crippen LogP contribution in [0, 0.1) is 0 Å². The standard InChI is InChI=1S/C41H81N2O6P/c1-6-8-10-12-14-16-18-20-21-23-24-26-28-30-32-34-40(44)39(38-49-50(46,47)48-37-36-43(3,4)5)42-41(45)35-33-31-29-27-25-22-19-17-15-13-11-9-7-2/h17,19,24,26,39-40,44H,6-16,18,20-23,25,27-38H2,1-5H3,(H-,42,45,46,47)/b19-17+,26-24+/t39-,40+/m0/s1. The summed E-state index contributed by atoms with van der Waals surface area (Å²) in [6, 6.07) is -0.817. The molecule has 0 aliphatic rings. The Balaban J connectivity index is 4.48. The second-order valence-electron chi connectivity index (χ2n) is 15.3. The SMILES string of the molecule is CCCCCC/C=C/CCCCCCCC(=O)N[C@@H](COP(=O)([O-])OCC[N+](C)(C)C)[C@H](O)CCCC/C=C/CCCCCCCCCCC. The highest BCUT2D eigenvalue weighted by Gasteiger charge is 2.24. The van der Waals surface area contributed by atoms with E-state index in [0.29, 0.717) is 23.9 Å². The zero-order valence-electron chi connectivity index (χ0n) is 33.4. The molecule has 1 unspecified atom stereocenters. The minimum absolute atomic E-state index is 0.00579. The van der Waals surface area contributed by atoms with Gasteiger partial charge >= 0.3 is 0 Å². The summed E-state index contributed by atoms with van der Waals surface area (Å²) in [5.41, 5.74) is 0.